The summed E-state index contributed by atoms with van der Waals surface area (Å²) in [5.41, 5.74) is 3.28. The second-order valence-corrected chi connectivity index (χ2v) is 7.45. The highest BCUT2D eigenvalue weighted by Gasteiger charge is 2.13. The number of methoxy groups -OCH3 is 3. The van der Waals surface area contributed by atoms with Crippen molar-refractivity contribution in [1.82, 2.24) is 9.88 Å². The largest absolute Gasteiger partial charge is 0.493 e. The summed E-state index contributed by atoms with van der Waals surface area (Å²) in [5.74, 6) is 1.86. The van der Waals surface area contributed by atoms with Gasteiger partial charge < -0.3 is 23.8 Å². The third-order valence-corrected chi connectivity index (χ3v) is 5.19. The summed E-state index contributed by atoms with van der Waals surface area (Å²) in [4.78, 5) is 18.9. The molecule has 174 valence electrons. The Bertz CT molecular complexity index is 1070. The lowest BCUT2D eigenvalue weighted by molar-refractivity contribution is 0.0744. The van der Waals surface area contributed by atoms with Gasteiger partial charge in [-0.25, -0.2) is 4.98 Å². The molecule has 0 radical (unpaired) electrons. The van der Waals surface area contributed by atoms with Gasteiger partial charge in [-0.05, 0) is 35.9 Å². The Morgan fingerprint density at radius 1 is 0.909 bits per heavy atom. The molecule has 0 aliphatic rings. The summed E-state index contributed by atoms with van der Waals surface area (Å²) >= 11 is 0. The van der Waals surface area contributed by atoms with Crippen molar-refractivity contribution in [2.45, 2.75) is 6.42 Å². The molecular weight excluding hydrogens is 420 g/mol. The van der Waals surface area contributed by atoms with Crippen LogP contribution in [0.15, 0.2) is 60.7 Å². The second kappa shape index (κ2) is 11.9. The minimum Gasteiger partial charge on any atom is -0.493 e. The van der Waals surface area contributed by atoms with Crippen LogP contribution in [0.2, 0.25) is 0 Å². The molecule has 0 saturated heterocycles. The zero-order chi connectivity index (χ0) is 23.6. The second-order valence-electron chi connectivity index (χ2n) is 7.45. The fourth-order valence-corrected chi connectivity index (χ4v) is 3.33. The van der Waals surface area contributed by atoms with E-state index in [2.05, 4.69) is 4.98 Å². The third kappa shape index (κ3) is 6.46. The van der Waals surface area contributed by atoms with E-state index in [4.69, 9.17) is 18.9 Å². The molecule has 0 spiro atoms. The fourth-order valence-electron chi connectivity index (χ4n) is 3.33. The van der Waals surface area contributed by atoms with E-state index in [0.29, 0.717) is 49.1 Å². The standard InChI is InChI=1S/C26H30N2O5/c1-28(14-16-30-2)26(29)21-8-5-7-20(18-21)22-9-6-10-25(27-22)33-15-13-19-11-12-23(31-3)24(17-19)32-4/h5-12,17-18H,13-16H2,1-4H3. The Morgan fingerprint density at radius 2 is 1.70 bits per heavy atom. The molecule has 0 bridgehead atoms. The van der Waals surface area contributed by atoms with E-state index in [0.717, 1.165) is 16.8 Å². The Hall–Kier alpha value is -3.58. The van der Waals surface area contributed by atoms with Crippen molar-refractivity contribution >= 4 is 5.91 Å². The lowest BCUT2D eigenvalue weighted by atomic mass is 10.1. The van der Waals surface area contributed by atoms with Crippen LogP contribution in [0, 0.1) is 0 Å². The molecule has 0 atom stereocenters. The van der Waals surface area contributed by atoms with Crippen molar-refractivity contribution in [1.29, 1.82) is 0 Å². The molecule has 3 rings (SSSR count). The van der Waals surface area contributed by atoms with Crippen LogP contribution in [0.25, 0.3) is 11.3 Å². The van der Waals surface area contributed by atoms with Gasteiger partial charge in [-0.2, -0.15) is 0 Å². The van der Waals surface area contributed by atoms with Crippen molar-refractivity contribution in [3.63, 3.8) is 0 Å². The van der Waals surface area contributed by atoms with Crippen LogP contribution >= 0.6 is 0 Å². The number of carbonyl (C=O) groups is 1. The van der Waals surface area contributed by atoms with Crippen LogP contribution in [0.1, 0.15) is 15.9 Å². The summed E-state index contributed by atoms with van der Waals surface area (Å²) < 4.78 is 21.6. The zero-order valence-electron chi connectivity index (χ0n) is 19.5. The van der Waals surface area contributed by atoms with Gasteiger partial charge in [0.2, 0.25) is 5.88 Å². The van der Waals surface area contributed by atoms with Crippen LogP contribution in [-0.2, 0) is 11.2 Å². The number of ether oxygens (including phenoxy) is 4. The summed E-state index contributed by atoms with van der Waals surface area (Å²) in [6, 6.07) is 18.9. The fraction of sp³-hybridized carbons (Fsp3) is 0.308. The average Bonchev–Trinajstić information content (AvgIpc) is 2.87. The predicted molar refractivity (Wildman–Crippen MR) is 127 cm³/mol. The van der Waals surface area contributed by atoms with Crippen LogP contribution in [0.3, 0.4) is 0 Å². The van der Waals surface area contributed by atoms with Gasteiger partial charge in [0.1, 0.15) is 0 Å². The summed E-state index contributed by atoms with van der Waals surface area (Å²) in [6.07, 6.45) is 0.698. The van der Waals surface area contributed by atoms with Crippen molar-refractivity contribution < 1.29 is 23.7 Å². The maximum atomic E-state index is 12.7. The number of carbonyl (C=O) groups excluding carboxylic acids is 1. The Kier molecular flexibility index (Phi) is 8.66. The molecule has 0 aliphatic heterocycles. The molecule has 33 heavy (non-hydrogen) atoms. The predicted octanol–water partition coefficient (Wildman–Crippen LogP) is 4.11. The number of aromatic nitrogens is 1. The van der Waals surface area contributed by atoms with Crippen molar-refractivity contribution in [3.8, 4) is 28.6 Å². The maximum Gasteiger partial charge on any atom is 0.253 e. The first kappa shape index (κ1) is 24.1. The maximum absolute atomic E-state index is 12.7. The van der Waals surface area contributed by atoms with E-state index in [1.807, 2.05) is 54.6 Å². The molecule has 0 unspecified atom stereocenters. The minimum absolute atomic E-state index is 0.0591. The monoisotopic (exact) mass is 450 g/mol. The Morgan fingerprint density at radius 3 is 2.45 bits per heavy atom. The minimum atomic E-state index is -0.0591. The van der Waals surface area contributed by atoms with Crippen molar-refractivity contribution in [2.75, 3.05) is 48.1 Å². The molecule has 7 nitrogen and oxygen atoms in total. The summed E-state index contributed by atoms with van der Waals surface area (Å²) in [7, 11) is 6.62. The van der Waals surface area contributed by atoms with Crippen molar-refractivity contribution in [3.05, 3.63) is 71.8 Å². The zero-order valence-corrected chi connectivity index (χ0v) is 19.5. The number of nitrogens with zero attached hydrogens (tertiary/aromatic N) is 2. The van der Waals surface area contributed by atoms with Gasteiger partial charge in [-0.1, -0.05) is 24.3 Å². The van der Waals surface area contributed by atoms with Crippen LogP contribution in [-0.4, -0.2) is 63.9 Å². The Labute approximate surface area is 194 Å². The van der Waals surface area contributed by atoms with E-state index < -0.39 is 0 Å². The molecule has 0 fully saturated rings. The molecule has 2 aromatic carbocycles. The average molecular weight is 451 g/mol. The quantitative estimate of drug-likeness (QED) is 0.438. The Balaban J connectivity index is 1.66. The molecule has 0 aliphatic carbocycles. The van der Waals surface area contributed by atoms with E-state index >= 15 is 0 Å². The molecule has 1 aromatic heterocycles. The van der Waals surface area contributed by atoms with E-state index in [-0.39, 0.29) is 5.91 Å². The van der Waals surface area contributed by atoms with Gasteiger partial charge in [0.15, 0.2) is 11.5 Å². The molecule has 1 heterocycles. The number of likely N-dealkylation sites (N-methyl/N-ethyl adjacent to an activating group) is 1. The van der Waals surface area contributed by atoms with Crippen LogP contribution in [0.5, 0.6) is 17.4 Å². The summed E-state index contributed by atoms with van der Waals surface area (Å²) in [5, 5.41) is 0. The molecule has 1 amide bonds. The summed E-state index contributed by atoms with van der Waals surface area (Å²) in [6.45, 7) is 1.49. The van der Waals surface area contributed by atoms with E-state index in [1.165, 1.54) is 0 Å². The number of amides is 1. The number of benzene rings is 2. The lowest BCUT2D eigenvalue weighted by Crippen LogP contribution is -2.29. The molecule has 3 aromatic rings. The highest BCUT2D eigenvalue weighted by atomic mass is 16.5. The first-order chi connectivity index (χ1) is 16.0. The number of hydrogen-bond acceptors (Lipinski definition) is 6. The number of hydrogen-bond donors (Lipinski definition) is 0. The first-order valence-electron chi connectivity index (χ1n) is 10.7. The van der Waals surface area contributed by atoms with Gasteiger partial charge in [0.05, 0.1) is 33.1 Å². The number of rotatable bonds is 11. The normalized spacial score (nSPS) is 10.5. The topological polar surface area (TPSA) is 70.1 Å². The van der Waals surface area contributed by atoms with E-state index in [1.54, 1.807) is 39.3 Å². The lowest BCUT2D eigenvalue weighted by Gasteiger charge is -2.17. The molecular formula is C26H30N2O5. The highest BCUT2D eigenvalue weighted by molar-refractivity contribution is 5.95. The molecule has 7 heteroatoms. The smallest absolute Gasteiger partial charge is 0.253 e. The third-order valence-electron chi connectivity index (χ3n) is 5.19. The van der Waals surface area contributed by atoms with Gasteiger partial charge in [-0.15, -0.1) is 0 Å². The van der Waals surface area contributed by atoms with Gasteiger partial charge in [0, 0.05) is 44.3 Å². The van der Waals surface area contributed by atoms with E-state index in [9.17, 15) is 4.79 Å². The van der Waals surface area contributed by atoms with Crippen molar-refractivity contribution in [2.24, 2.45) is 0 Å². The van der Waals surface area contributed by atoms with Gasteiger partial charge in [0.25, 0.3) is 5.91 Å². The van der Waals surface area contributed by atoms with Gasteiger partial charge in [-0.3, -0.25) is 4.79 Å². The number of pyridine rings is 1. The molecule has 0 saturated carbocycles. The van der Waals surface area contributed by atoms with Crippen LogP contribution in [0.4, 0.5) is 0 Å². The SMILES string of the molecule is COCCN(C)C(=O)c1cccc(-c2cccc(OCCc3ccc(OC)c(OC)c3)n2)c1. The first-order valence-corrected chi connectivity index (χ1v) is 10.7. The highest BCUT2D eigenvalue weighted by Crippen LogP contribution is 2.28. The molecule has 0 N–H and O–H groups in total. The van der Waals surface area contributed by atoms with Gasteiger partial charge >= 0.3 is 0 Å². The van der Waals surface area contributed by atoms with Crippen LogP contribution < -0.4 is 14.2 Å².